The van der Waals surface area contributed by atoms with Gasteiger partial charge in [-0.25, -0.2) is 0 Å². The maximum atomic E-state index is 6.07. The van der Waals surface area contributed by atoms with Crippen molar-refractivity contribution < 1.29 is 0 Å². The molecule has 7 rings (SSSR count). The van der Waals surface area contributed by atoms with Gasteiger partial charge in [0, 0.05) is 39.8 Å². The van der Waals surface area contributed by atoms with Gasteiger partial charge in [0.15, 0.2) is 0 Å². The summed E-state index contributed by atoms with van der Waals surface area (Å²) in [6.45, 7) is 0. The van der Waals surface area contributed by atoms with Crippen molar-refractivity contribution >= 4 is 56.7 Å². The molecule has 0 saturated heterocycles. The molecule has 204 valence electrons. The van der Waals surface area contributed by atoms with E-state index in [1.165, 1.54) is 21.9 Å². The van der Waals surface area contributed by atoms with Crippen molar-refractivity contribution in [3.8, 4) is 0 Å². The van der Waals surface area contributed by atoms with Gasteiger partial charge < -0.3 is 21.3 Å². The van der Waals surface area contributed by atoms with Gasteiger partial charge >= 0.3 is 0 Å². The van der Waals surface area contributed by atoms with E-state index in [2.05, 4.69) is 137 Å². The lowest BCUT2D eigenvalue weighted by molar-refractivity contribution is 0.767. The Kier molecular flexibility index (Phi) is 6.57. The highest BCUT2D eigenvalue weighted by atomic mass is 15.2. The van der Waals surface area contributed by atoms with E-state index in [9.17, 15) is 0 Å². The smallest absolute Gasteiger partial charge is 0.0566 e. The van der Waals surface area contributed by atoms with Crippen LogP contribution in [-0.4, -0.2) is 6.04 Å². The fourth-order valence-corrected chi connectivity index (χ4v) is 5.88. The molecule has 0 radical (unpaired) electrons. The molecule has 1 aliphatic carbocycles. The maximum absolute atomic E-state index is 6.07. The van der Waals surface area contributed by atoms with Crippen molar-refractivity contribution in [3.05, 3.63) is 157 Å². The van der Waals surface area contributed by atoms with Crippen LogP contribution in [0.5, 0.6) is 0 Å². The highest BCUT2D eigenvalue weighted by Crippen LogP contribution is 2.39. The Labute approximate surface area is 246 Å². The van der Waals surface area contributed by atoms with Crippen molar-refractivity contribution in [2.24, 2.45) is 0 Å². The molecule has 4 heteroatoms. The molecule has 0 spiro atoms. The number of fused-ring (bicyclic) bond motifs is 2. The summed E-state index contributed by atoms with van der Waals surface area (Å²) in [6, 6.07) is 48.9. The third-order valence-corrected chi connectivity index (χ3v) is 8.01. The number of hydrogen-bond donors (Lipinski definition) is 2. The molecule has 0 fully saturated rings. The van der Waals surface area contributed by atoms with Crippen molar-refractivity contribution in [1.29, 1.82) is 0 Å². The van der Waals surface area contributed by atoms with E-state index in [1.807, 2.05) is 24.3 Å². The first kappa shape index (κ1) is 25.5. The summed E-state index contributed by atoms with van der Waals surface area (Å²) >= 11 is 0. The first-order valence-corrected chi connectivity index (χ1v) is 14.3. The summed E-state index contributed by atoms with van der Waals surface area (Å²) in [5.74, 6) is 0. The summed E-state index contributed by atoms with van der Waals surface area (Å²) in [5.41, 5.74) is 21.7. The quantitative estimate of drug-likeness (QED) is 0.205. The molecular formula is C38H32N4. The van der Waals surface area contributed by atoms with E-state index in [4.69, 9.17) is 11.5 Å². The Bertz CT molecular complexity index is 1870. The minimum atomic E-state index is 0.170. The predicted molar refractivity (Wildman–Crippen MR) is 179 cm³/mol. The Balaban J connectivity index is 1.29. The minimum Gasteiger partial charge on any atom is -0.399 e. The molecule has 0 amide bonds. The van der Waals surface area contributed by atoms with Crippen LogP contribution >= 0.6 is 0 Å². The van der Waals surface area contributed by atoms with Gasteiger partial charge in [0.2, 0.25) is 0 Å². The van der Waals surface area contributed by atoms with Crippen LogP contribution in [0, 0.1) is 0 Å². The highest BCUT2D eigenvalue weighted by molar-refractivity contribution is 5.89. The third kappa shape index (κ3) is 4.95. The predicted octanol–water partition coefficient (Wildman–Crippen LogP) is 9.25. The summed E-state index contributed by atoms with van der Waals surface area (Å²) in [5, 5.41) is 2.42. The summed E-state index contributed by atoms with van der Waals surface area (Å²) in [7, 11) is 0. The van der Waals surface area contributed by atoms with E-state index >= 15 is 0 Å². The average molecular weight is 545 g/mol. The average Bonchev–Trinajstić information content (AvgIpc) is 3.04. The third-order valence-electron chi connectivity index (χ3n) is 8.01. The SMILES string of the molecule is Nc1ccc(N(c2ccc(N(c3ccc(N)cc3)C3C=Cc4ccccc4C3)cc2)c2ccc3ccccc3c2)cc1. The maximum Gasteiger partial charge on any atom is 0.0566 e. The second kappa shape index (κ2) is 10.8. The largest absolute Gasteiger partial charge is 0.399 e. The van der Waals surface area contributed by atoms with Crippen LogP contribution in [0.15, 0.2) is 146 Å². The zero-order valence-electron chi connectivity index (χ0n) is 23.3. The fourth-order valence-electron chi connectivity index (χ4n) is 5.88. The zero-order chi connectivity index (χ0) is 28.5. The molecule has 0 bridgehead atoms. The van der Waals surface area contributed by atoms with E-state index < -0.39 is 0 Å². The molecular weight excluding hydrogens is 512 g/mol. The molecule has 1 aliphatic rings. The molecule has 6 aromatic rings. The van der Waals surface area contributed by atoms with Gasteiger partial charge in [-0.15, -0.1) is 0 Å². The van der Waals surface area contributed by atoms with Crippen LogP contribution in [0.4, 0.5) is 39.8 Å². The lowest BCUT2D eigenvalue weighted by Crippen LogP contribution is -2.33. The molecule has 1 atom stereocenters. The van der Waals surface area contributed by atoms with Gasteiger partial charge in [-0.05, 0) is 113 Å². The van der Waals surface area contributed by atoms with Gasteiger partial charge in [-0.2, -0.15) is 0 Å². The lowest BCUT2D eigenvalue weighted by Gasteiger charge is -2.35. The van der Waals surface area contributed by atoms with Gasteiger partial charge in [-0.3, -0.25) is 0 Å². The normalized spacial score (nSPS) is 14.0. The van der Waals surface area contributed by atoms with Crippen LogP contribution < -0.4 is 21.3 Å². The van der Waals surface area contributed by atoms with Crippen molar-refractivity contribution in [2.75, 3.05) is 21.3 Å². The van der Waals surface area contributed by atoms with E-state index in [1.54, 1.807) is 0 Å². The standard InChI is InChI=1S/C38H32N4/c39-31-11-17-33(18-12-31)41(37-15-9-27-5-1-3-7-29(27)25-37)35-21-23-36(24-22-35)42(34-19-13-32(40)14-20-34)38-16-10-28-6-2-4-8-30(28)26-38/h1-25,38H,26,39-40H2. The van der Waals surface area contributed by atoms with Gasteiger partial charge in [0.1, 0.15) is 0 Å². The van der Waals surface area contributed by atoms with Crippen LogP contribution in [0.2, 0.25) is 0 Å². The summed E-state index contributed by atoms with van der Waals surface area (Å²) in [4.78, 5) is 4.68. The zero-order valence-corrected chi connectivity index (χ0v) is 23.3. The second-order valence-corrected chi connectivity index (χ2v) is 10.8. The number of anilines is 7. The summed E-state index contributed by atoms with van der Waals surface area (Å²) in [6.07, 6.45) is 5.47. The number of hydrogen-bond acceptors (Lipinski definition) is 4. The number of nitrogens with zero attached hydrogens (tertiary/aromatic N) is 2. The Morgan fingerprint density at radius 1 is 0.500 bits per heavy atom. The van der Waals surface area contributed by atoms with Crippen molar-refractivity contribution in [1.82, 2.24) is 0 Å². The molecule has 0 saturated carbocycles. The first-order chi connectivity index (χ1) is 20.6. The van der Waals surface area contributed by atoms with Crippen LogP contribution in [0.3, 0.4) is 0 Å². The highest BCUT2D eigenvalue weighted by Gasteiger charge is 2.23. The Morgan fingerprint density at radius 3 is 1.71 bits per heavy atom. The second-order valence-electron chi connectivity index (χ2n) is 10.8. The van der Waals surface area contributed by atoms with Gasteiger partial charge in [0.05, 0.1) is 6.04 Å². The van der Waals surface area contributed by atoms with Crippen molar-refractivity contribution in [3.63, 3.8) is 0 Å². The molecule has 6 aromatic carbocycles. The Hall–Kier alpha value is -5.48. The first-order valence-electron chi connectivity index (χ1n) is 14.3. The monoisotopic (exact) mass is 544 g/mol. The van der Waals surface area contributed by atoms with E-state index in [-0.39, 0.29) is 6.04 Å². The molecule has 42 heavy (non-hydrogen) atoms. The number of nitrogen functional groups attached to an aromatic ring is 2. The van der Waals surface area contributed by atoms with Crippen LogP contribution in [0.25, 0.3) is 16.8 Å². The molecule has 0 heterocycles. The van der Waals surface area contributed by atoms with Crippen LogP contribution in [-0.2, 0) is 6.42 Å². The molecule has 1 unspecified atom stereocenters. The summed E-state index contributed by atoms with van der Waals surface area (Å²) < 4.78 is 0. The van der Waals surface area contributed by atoms with Crippen LogP contribution in [0.1, 0.15) is 11.1 Å². The Morgan fingerprint density at radius 2 is 1.02 bits per heavy atom. The lowest BCUT2D eigenvalue weighted by atomic mass is 9.92. The topological polar surface area (TPSA) is 58.5 Å². The molecule has 0 aromatic heterocycles. The fraction of sp³-hybridized carbons (Fsp3) is 0.0526. The minimum absolute atomic E-state index is 0.170. The van der Waals surface area contributed by atoms with Gasteiger partial charge in [-0.1, -0.05) is 66.7 Å². The molecule has 4 N–H and O–H groups in total. The van der Waals surface area contributed by atoms with Crippen molar-refractivity contribution in [2.45, 2.75) is 12.5 Å². The van der Waals surface area contributed by atoms with E-state index in [0.29, 0.717) is 0 Å². The number of benzene rings is 6. The number of nitrogens with two attached hydrogens (primary N) is 2. The van der Waals surface area contributed by atoms with E-state index in [0.717, 1.165) is 46.2 Å². The molecule has 4 nitrogen and oxygen atoms in total. The van der Waals surface area contributed by atoms with Gasteiger partial charge in [0.25, 0.3) is 0 Å². The number of rotatable bonds is 6. The molecule has 0 aliphatic heterocycles.